The minimum atomic E-state index is -0.297. The molecule has 0 saturated carbocycles. The van der Waals surface area contributed by atoms with E-state index in [4.69, 9.17) is 4.74 Å². The van der Waals surface area contributed by atoms with Gasteiger partial charge in [-0.3, -0.25) is 14.6 Å². The molecular weight excluding hydrogens is 330 g/mol. The molecule has 1 aromatic carbocycles. The van der Waals surface area contributed by atoms with Crippen molar-refractivity contribution in [3.8, 4) is 5.75 Å². The van der Waals surface area contributed by atoms with Crippen molar-refractivity contribution in [3.05, 3.63) is 59.9 Å². The predicted octanol–water partition coefficient (Wildman–Crippen LogP) is 2.10. The molecule has 2 amide bonds. The zero-order chi connectivity index (χ0) is 18.5. The van der Waals surface area contributed by atoms with Crippen LogP contribution in [0.2, 0.25) is 0 Å². The summed E-state index contributed by atoms with van der Waals surface area (Å²) in [5, 5.41) is 0. The first kappa shape index (κ1) is 17.9. The Labute approximate surface area is 153 Å². The van der Waals surface area contributed by atoms with Crippen molar-refractivity contribution in [1.82, 2.24) is 14.8 Å². The van der Waals surface area contributed by atoms with E-state index in [1.54, 1.807) is 30.2 Å². The second-order valence-corrected chi connectivity index (χ2v) is 6.54. The van der Waals surface area contributed by atoms with Gasteiger partial charge in [-0.15, -0.1) is 0 Å². The molecule has 1 atom stereocenters. The predicted molar refractivity (Wildman–Crippen MR) is 97.2 cm³/mol. The molecular formula is C20H23N3O3. The number of hydrogen-bond acceptors (Lipinski definition) is 4. The number of carbonyl (C=O) groups excluding carboxylic acids is 2. The Morgan fingerprint density at radius 2 is 2.04 bits per heavy atom. The van der Waals surface area contributed by atoms with Gasteiger partial charge >= 0.3 is 0 Å². The third-order valence-electron chi connectivity index (χ3n) is 4.60. The lowest BCUT2D eigenvalue weighted by molar-refractivity contribution is -0.135. The fourth-order valence-electron chi connectivity index (χ4n) is 3.17. The summed E-state index contributed by atoms with van der Waals surface area (Å²) in [5.74, 6) is 0.494. The van der Waals surface area contributed by atoms with Gasteiger partial charge in [-0.05, 0) is 29.8 Å². The minimum absolute atomic E-state index is 0.00214. The second-order valence-electron chi connectivity index (χ2n) is 6.54. The van der Waals surface area contributed by atoms with E-state index in [0.29, 0.717) is 19.6 Å². The van der Waals surface area contributed by atoms with Crippen molar-refractivity contribution >= 4 is 11.8 Å². The maximum absolute atomic E-state index is 12.7. The number of pyridine rings is 1. The molecule has 0 spiro atoms. The largest absolute Gasteiger partial charge is 0.497 e. The number of methoxy groups -OCH3 is 1. The van der Waals surface area contributed by atoms with Crippen LogP contribution in [0.3, 0.4) is 0 Å². The Bertz CT molecular complexity index is 762. The molecule has 0 bridgehead atoms. The molecule has 3 rings (SSSR count). The molecule has 26 heavy (non-hydrogen) atoms. The molecule has 1 aliphatic heterocycles. The summed E-state index contributed by atoms with van der Waals surface area (Å²) in [4.78, 5) is 32.6. The average Bonchev–Trinajstić information content (AvgIpc) is 3.03. The molecule has 1 fully saturated rings. The summed E-state index contributed by atoms with van der Waals surface area (Å²) in [5.41, 5.74) is 1.86. The van der Waals surface area contributed by atoms with Crippen LogP contribution >= 0.6 is 0 Å². The summed E-state index contributed by atoms with van der Waals surface area (Å²) in [7, 11) is 3.40. The molecule has 1 saturated heterocycles. The van der Waals surface area contributed by atoms with E-state index >= 15 is 0 Å². The van der Waals surface area contributed by atoms with E-state index in [2.05, 4.69) is 4.98 Å². The van der Waals surface area contributed by atoms with Crippen molar-refractivity contribution in [2.75, 3.05) is 20.7 Å². The first-order valence-corrected chi connectivity index (χ1v) is 8.62. The zero-order valence-corrected chi connectivity index (χ0v) is 15.1. The van der Waals surface area contributed by atoms with Crippen LogP contribution in [0.15, 0.2) is 48.7 Å². The Hall–Kier alpha value is -2.89. The number of aromatic nitrogens is 1. The van der Waals surface area contributed by atoms with E-state index in [1.165, 1.54) is 0 Å². The highest BCUT2D eigenvalue weighted by Crippen LogP contribution is 2.22. The van der Waals surface area contributed by atoms with Crippen LogP contribution in [-0.4, -0.2) is 47.3 Å². The van der Waals surface area contributed by atoms with Crippen LogP contribution < -0.4 is 4.74 Å². The minimum Gasteiger partial charge on any atom is -0.497 e. The van der Waals surface area contributed by atoms with E-state index in [1.807, 2.05) is 42.5 Å². The number of amides is 2. The molecule has 0 aliphatic carbocycles. The number of nitrogens with zero attached hydrogens (tertiary/aromatic N) is 3. The maximum atomic E-state index is 12.7. The standard InChI is InChI=1S/C20H23N3O3/c1-22(12-15-6-8-18(26-2)9-7-15)20(25)16-11-19(24)23(13-16)14-17-5-3-4-10-21-17/h3-10,16H,11-14H2,1-2H3/t16-/m0/s1. The smallest absolute Gasteiger partial charge is 0.228 e. The first-order valence-electron chi connectivity index (χ1n) is 8.62. The van der Waals surface area contributed by atoms with Gasteiger partial charge in [-0.1, -0.05) is 18.2 Å². The molecule has 6 heteroatoms. The summed E-state index contributed by atoms with van der Waals surface area (Å²) in [6.07, 6.45) is 1.97. The summed E-state index contributed by atoms with van der Waals surface area (Å²) in [6, 6.07) is 13.3. The average molecular weight is 353 g/mol. The highest BCUT2D eigenvalue weighted by Gasteiger charge is 2.35. The van der Waals surface area contributed by atoms with E-state index in [-0.39, 0.29) is 24.2 Å². The molecule has 2 heterocycles. The number of rotatable bonds is 6. The fourth-order valence-corrected chi connectivity index (χ4v) is 3.17. The Kier molecular flexibility index (Phi) is 5.51. The molecule has 1 aromatic heterocycles. The molecule has 6 nitrogen and oxygen atoms in total. The van der Waals surface area contributed by atoms with Gasteiger partial charge in [-0.2, -0.15) is 0 Å². The van der Waals surface area contributed by atoms with Crippen LogP contribution in [0.25, 0.3) is 0 Å². The lowest BCUT2D eigenvalue weighted by Crippen LogP contribution is -2.34. The van der Waals surface area contributed by atoms with Gasteiger partial charge < -0.3 is 14.5 Å². The molecule has 1 aliphatic rings. The lowest BCUT2D eigenvalue weighted by Gasteiger charge is -2.21. The van der Waals surface area contributed by atoms with Crippen LogP contribution in [0, 0.1) is 5.92 Å². The Morgan fingerprint density at radius 1 is 1.27 bits per heavy atom. The summed E-state index contributed by atoms with van der Waals surface area (Å²) < 4.78 is 5.15. The van der Waals surface area contributed by atoms with E-state index in [9.17, 15) is 9.59 Å². The van der Waals surface area contributed by atoms with Crippen molar-refractivity contribution in [2.24, 2.45) is 5.92 Å². The molecule has 2 aromatic rings. The van der Waals surface area contributed by atoms with Gasteiger partial charge in [0.05, 0.1) is 25.3 Å². The molecule has 0 radical (unpaired) electrons. The Morgan fingerprint density at radius 3 is 2.69 bits per heavy atom. The second kappa shape index (κ2) is 7.99. The van der Waals surface area contributed by atoms with E-state index < -0.39 is 0 Å². The number of hydrogen-bond donors (Lipinski definition) is 0. The summed E-state index contributed by atoms with van der Waals surface area (Å²) in [6.45, 7) is 1.40. The lowest BCUT2D eigenvalue weighted by atomic mass is 10.1. The molecule has 0 unspecified atom stereocenters. The quantitative estimate of drug-likeness (QED) is 0.798. The van der Waals surface area contributed by atoms with Crippen LogP contribution in [0.1, 0.15) is 17.7 Å². The van der Waals surface area contributed by atoms with Gasteiger partial charge in [0.1, 0.15) is 5.75 Å². The van der Waals surface area contributed by atoms with Crippen LogP contribution in [0.5, 0.6) is 5.75 Å². The number of benzene rings is 1. The highest BCUT2D eigenvalue weighted by molar-refractivity contribution is 5.89. The van der Waals surface area contributed by atoms with Gasteiger partial charge in [0.25, 0.3) is 0 Å². The normalized spacial score (nSPS) is 16.6. The first-order chi connectivity index (χ1) is 12.6. The third kappa shape index (κ3) is 4.20. The van der Waals surface area contributed by atoms with Gasteiger partial charge in [0.2, 0.25) is 11.8 Å². The SMILES string of the molecule is COc1ccc(CN(C)C(=O)[C@H]2CC(=O)N(Cc3ccccn3)C2)cc1. The van der Waals surface area contributed by atoms with Crippen molar-refractivity contribution in [1.29, 1.82) is 0 Å². The van der Waals surface area contributed by atoms with Crippen LogP contribution in [-0.2, 0) is 22.7 Å². The van der Waals surface area contributed by atoms with Gasteiger partial charge in [0.15, 0.2) is 0 Å². The topological polar surface area (TPSA) is 62.7 Å². The number of likely N-dealkylation sites (tertiary alicyclic amines) is 1. The maximum Gasteiger partial charge on any atom is 0.228 e. The third-order valence-corrected chi connectivity index (χ3v) is 4.60. The molecule has 136 valence electrons. The van der Waals surface area contributed by atoms with E-state index in [0.717, 1.165) is 17.0 Å². The highest BCUT2D eigenvalue weighted by atomic mass is 16.5. The van der Waals surface area contributed by atoms with Crippen molar-refractivity contribution < 1.29 is 14.3 Å². The van der Waals surface area contributed by atoms with Gasteiger partial charge in [0, 0.05) is 32.8 Å². The van der Waals surface area contributed by atoms with Crippen molar-refractivity contribution in [2.45, 2.75) is 19.5 Å². The molecule has 0 N–H and O–H groups in total. The Balaban J connectivity index is 1.58. The van der Waals surface area contributed by atoms with Crippen molar-refractivity contribution in [3.63, 3.8) is 0 Å². The summed E-state index contributed by atoms with van der Waals surface area (Å²) >= 11 is 0. The number of ether oxygens (including phenoxy) is 1. The fraction of sp³-hybridized carbons (Fsp3) is 0.350. The number of carbonyl (C=O) groups is 2. The zero-order valence-electron chi connectivity index (χ0n) is 15.1. The monoisotopic (exact) mass is 353 g/mol. The van der Waals surface area contributed by atoms with Gasteiger partial charge in [-0.25, -0.2) is 0 Å². The van der Waals surface area contributed by atoms with Crippen LogP contribution in [0.4, 0.5) is 0 Å².